The van der Waals surface area contributed by atoms with Crippen LogP contribution in [0.25, 0.3) is 21.8 Å². The maximum atomic E-state index is 8.82. The van der Waals surface area contributed by atoms with Gasteiger partial charge >= 0.3 is 0 Å². The molecule has 9 heteroatoms. The molecule has 2 aromatic heterocycles. The molecule has 35 heavy (non-hydrogen) atoms. The van der Waals surface area contributed by atoms with Crippen LogP contribution in [0.2, 0.25) is 0 Å². The van der Waals surface area contributed by atoms with E-state index in [2.05, 4.69) is 17.1 Å². The number of benzene rings is 2. The molecule has 0 amide bonds. The molecule has 0 saturated heterocycles. The minimum atomic E-state index is -0.461. The highest BCUT2D eigenvalue weighted by molar-refractivity contribution is 7.19. The Bertz CT molecular complexity index is 1260. The summed E-state index contributed by atoms with van der Waals surface area (Å²) in [6, 6.07) is 18.5. The Hall–Kier alpha value is -4.11. The van der Waals surface area contributed by atoms with Crippen molar-refractivity contribution in [3.8, 4) is 33.3 Å². The molecule has 4 rings (SSSR count). The topological polar surface area (TPSA) is 129 Å². The number of pyridine rings is 1. The largest absolute Gasteiger partial charge is 0.455 e. The molecule has 0 radical (unpaired) electrons. The van der Waals surface area contributed by atoms with Crippen LogP contribution >= 0.6 is 11.3 Å². The number of ether oxygens (including phenoxy) is 2. The molecule has 1 unspecified atom stereocenters. The zero-order chi connectivity index (χ0) is 24.6. The molecule has 0 aliphatic carbocycles. The van der Waals surface area contributed by atoms with Crippen LogP contribution in [0.3, 0.4) is 0 Å². The number of nitrogen functional groups attached to an aromatic ring is 1. The average Bonchev–Trinajstić information content (AvgIpc) is 3.29. The molecule has 5 N–H and O–H groups in total. The molecule has 0 bridgehead atoms. The summed E-state index contributed by atoms with van der Waals surface area (Å²) in [6.45, 7) is 2.12. The summed E-state index contributed by atoms with van der Waals surface area (Å²) < 4.78 is 12.2. The number of anilines is 1. The minimum absolute atomic E-state index is 0.0451. The Morgan fingerprint density at radius 3 is 2.31 bits per heavy atom. The standard InChI is InChI=1S/C26H27N5O3S/c1-2-3-6-22(34-21-13-9-18(10-14-21)24(27)31-32)33-20-11-7-17(8-12-20)23-25(28)35-26(30-23)19-5-4-15-29-16-19/h4-5,7-16,22,32H,2-3,6,28H2,1H3,(H2,27,31). The molecule has 0 aliphatic heterocycles. The molecule has 8 nitrogen and oxygen atoms in total. The highest BCUT2D eigenvalue weighted by Gasteiger charge is 2.15. The second-order valence-electron chi connectivity index (χ2n) is 7.82. The summed E-state index contributed by atoms with van der Waals surface area (Å²) in [7, 11) is 0. The Morgan fingerprint density at radius 2 is 1.71 bits per heavy atom. The van der Waals surface area contributed by atoms with Crippen LogP contribution in [0.15, 0.2) is 78.2 Å². The number of rotatable bonds is 10. The molecule has 0 spiro atoms. The van der Waals surface area contributed by atoms with E-state index in [1.165, 1.54) is 11.3 Å². The summed E-state index contributed by atoms with van der Waals surface area (Å²) in [4.78, 5) is 8.87. The summed E-state index contributed by atoms with van der Waals surface area (Å²) in [5.41, 5.74) is 15.1. The zero-order valence-corrected chi connectivity index (χ0v) is 20.1. The van der Waals surface area contributed by atoms with Gasteiger partial charge in [0.05, 0.1) is 0 Å². The summed E-state index contributed by atoms with van der Waals surface area (Å²) >= 11 is 1.44. The average molecular weight is 490 g/mol. The molecule has 180 valence electrons. The highest BCUT2D eigenvalue weighted by Crippen LogP contribution is 2.36. The van der Waals surface area contributed by atoms with Crippen molar-refractivity contribution in [3.05, 3.63) is 78.6 Å². The van der Waals surface area contributed by atoms with Crippen LogP contribution < -0.4 is 20.9 Å². The van der Waals surface area contributed by atoms with Gasteiger partial charge in [0.2, 0.25) is 6.29 Å². The lowest BCUT2D eigenvalue weighted by molar-refractivity contribution is -0.00211. The van der Waals surface area contributed by atoms with Crippen molar-refractivity contribution in [2.75, 3.05) is 5.73 Å². The van der Waals surface area contributed by atoms with Gasteiger partial charge in [0.1, 0.15) is 27.2 Å². The van der Waals surface area contributed by atoms with Gasteiger partial charge in [-0.2, -0.15) is 0 Å². The van der Waals surface area contributed by atoms with E-state index < -0.39 is 6.29 Å². The second-order valence-corrected chi connectivity index (χ2v) is 8.85. The molecule has 2 aromatic carbocycles. The lowest BCUT2D eigenvalue weighted by atomic mass is 10.1. The van der Waals surface area contributed by atoms with E-state index in [-0.39, 0.29) is 5.84 Å². The van der Waals surface area contributed by atoms with E-state index in [4.69, 9.17) is 31.1 Å². The smallest absolute Gasteiger partial charge is 0.241 e. The van der Waals surface area contributed by atoms with Crippen molar-refractivity contribution in [1.29, 1.82) is 0 Å². The van der Waals surface area contributed by atoms with Gasteiger partial charge in [-0.1, -0.05) is 29.8 Å². The third-order valence-electron chi connectivity index (χ3n) is 5.28. The van der Waals surface area contributed by atoms with Crippen LogP contribution in [-0.2, 0) is 0 Å². The van der Waals surface area contributed by atoms with Crippen LogP contribution in [0.4, 0.5) is 5.00 Å². The van der Waals surface area contributed by atoms with Crippen LogP contribution in [0.1, 0.15) is 31.7 Å². The number of amidine groups is 1. The lowest BCUT2D eigenvalue weighted by Gasteiger charge is -2.21. The van der Waals surface area contributed by atoms with Crippen LogP contribution in [0.5, 0.6) is 11.5 Å². The summed E-state index contributed by atoms with van der Waals surface area (Å²) in [5, 5.41) is 13.3. The van der Waals surface area contributed by atoms with Crippen LogP contribution in [0, 0.1) is 0 Å². The number of oxime groups is 1. The first kappa shape index (κ1) is 24.0. The molecule has 2 heterocycles. The van der Waals surface area contributed by atoms with Gasteiger partial charge in [-0.15, -0.1) is 0 Å². The van der Waals surface area contributed by atoms with Gasteiger partial charge in [-0.25, -0.2) is 4.98 Å². The quantitative estimate of drug-likeness (QED) is 0.0879. The Labute approximate surface area is 207 Å². The molecular formula is C26H27N5O3S. The predicted octanol–water partition coefficient (Wildman–Crippen LogP) is 5.52. The Kier molecular flexibility index (Phi) is 7.79. The SMILES string of the molecule is CCCCC(Oc1ccc(C(N)=NO)cc1)Oc1ccc(-c2nc(-c3cccnc3)sc2N)cc1. The highest BCUT2D eigenvalue weighted by atomic mass is 32.1. The Morgan fingerprint density at radius 1 is 1.03 bits per heavy atom. The van der Waals surface area contributed by atoms with Crippen LogP contribution in [-0.4, -0.2) is 27.3 Å². The van der Waals surface area contributed by atoms with E-state index in [0.29, 0.717) is 22.1 Å². The number of aromatic nitrogens is 2. The van der Waals surface area contributed by atoms with Gasteiger partial charge < -0.3 is 26.1 Å². The maximum absolute atomic E-state index is 8.82. The number of nitrogens with two attached hydrogens (primary N) is 2. The van der Waals surface area contributed by atoms with E-state index in [1.54, 1.807) is 36.7 Å². The fraction of sp³-hybridized carbons (Fsp3) is 0.192. The predicted molar refractivity (Wildman–Crippen MR) is 139 cm³/mol. The van der Waals surface area contributed by atoms with Crippen molar-refractivity contribution in [2.24, 2.45) is 10.9 Å². The lowest BCUT2D eigenvalue weighted by Crippen LogP contribution is -2.24. The third kappa shape index (κ3) is 6.07. The molecular weight excluding hydrogens is 462 g/mol. The molecule has 4 aromatic rings. The van der Waals surface area contributed by atoms with E-state index in [9.17, 15) is 0 Å². The molecule has 0 fully saturated rings. The van der Waals surface area contributed by atoms with Crippen molar-refractivity contribution in [1.82, 2.24) is 9.97 Å². The fourth-order valence-electron chi connectivity index (χ4n) is 3.42. The third-order valence-corrected chi connectivity index (χ3v) is 6.21. The van der Waals surface area contributed by atoms with Crippen molar-refractivity contribution >= 4 is 22.2 Å². The second kappa shape index (κ2) is 11.3. The minimum Gasteiger partial charge on any atom is -0.455 e. The molecule has 0 saturated carbocycles. The first-order valence-corrected chi connectivity index (χ1v) is 12.1. The van der Waals surface area contributed by atoms with E-state index in [1.807, 2.05) is 36.4 Å². The number of nitrogens with zero attached hydrogens (tertiary/aromatic N) is 3. The van der Waals surface area contributed by atoms with E-state index in [0.717, 1.165) is 41.1 Å². The van der Waals surface area contributed by atoms with Gasteiger partial charge in [-0.05, 0) is 67.1 Å². The number of hydrogen-bond acceptors (Lipinski definition) is 8. The fourth-order valence-corrected chi connectivity index (χ4v) is 4.27. The summed E-state index contributed by atoms with van der Waals surface area (Å²) in [5.74, 6) is 1.36. The monoisotopic (exact) mass is 489 g/mol. The van der Waals surface area contributed by atoms with Gasteiger partial charge in [0, 0.05) is 35.5 Å². The van der Waals surface area contributed by atoms with Crippen molar-refractivity contribution in [2.45, 2.75) is 32.5 Å². The van der Waals surface area contributed by atoms with Gasteiger partial charge in [0.15, 0.2) is 5.84 Å². The first-order chi connectivity index (χ1) is 17.1. The number of unbranched alkanes of at least 4 members (excludes halogenated alkanes) is 1. The normalized spacial score (nSPS) is 12.3. The summed E-state index contributed by atoms with van der Waals surface area (Å²) in [6.07, 6.45) is 5.75. The van der Waals surface area contributed by atoms with Gasteiger partial charge in [0.25, 0.3) is 0 Å². The Balaban J connectivity index is 1.47. The molecule has 0 aliphatic rings. The van der Waals surface area contributed by atoms with E-state index >= 15 is 0 Å². The van der Waals surface area contributed by atoms with Crippen molar-refractivity contribution < 1.29 is 14.7 Å². The first-order valence-electron chi connectivity index (χ1n) is 11.3. The van der Waals surface area contributed by atoms with Crippen molar-refractivity contribution in [3.63, 3.8) is 0 Å². The maximum Gasteiger partial charge on any atom is 0.241 e. The number of thiazole rings is 1. The zero-order valence-electron chi connectivity index (χ0n) is 19.3. The van der Waals surface area contributed by atoms with Gasteiger partial charge in [-0.3, -0.25) is 4.98 Å². The molecule has 1 atom stereocenters. The number of hydrogen-bond donors (Lipinski definition) is 3.